The van der Waals surface area contributed by atoms with E-state index >= 15 is 0 Å². The molecule has 0 radical (unpaired) electrons. The zero-order valence-electron chi connectivity index (χ0n) is 13.6. The number of esters is 1. The second-order valence-electron chi connectivity index (χ2n) is 5.85. The molecule has 1 fully saturated rings. The van der Waals surface area contributed by atoms with Crippen molar-refractivity contribution >= 4 is 23.0 Å². The number of aromatic nitrogens is 1. The smallest absolute Gasteiger partial charge is 0.420 e. The minimum absolute atomic E-state index is 0.0919. The number of ether oxygens (including phenoxy) is 1. The third-order valence-corrected chi connectivity index (χ3v) is 4.26. The number of para-hydroxylation sites is 2. The Kier molecular flexibility index (Phi) is 4.69. The summed E-state index contributed by atoms with van der Waals surface area (Å²) in [6.45, 7) is 2.92. The maximum absolute atomic E-state index is 12.6. The topological polar surface area (TPSA) is 81.8 Å². The lowest BCUT2D eigenvalue weighted by Crippen LogP contribution is -2.44. The van der Waals surface area contributed by atoms with Crippen molar-refractivity contribution in [2.24, 2.45) is 5.92 Å². The molecule has 0 saturated carbocycles. The Bertz CT molecular complexity index is 807. The highest BCUT2D eigenvalue weighted by atomic mass is 16.5. The van der Waals surface area contributed by atoms with E-state index < -0.39 is 5.76 Å². The van der Waals surface area contributed by atoms with E-state index in [1.807, 2.05) is 0 Å². The highest BCUT2D eigenvalue weighted by molar-refractivity contribution is 5.80. The summed E-state index contributed by atoms with van der Waals surface area (Å²) in [5, 5.41) is 0. The van der Waals surface area contributed by atoms with Gasteiger partial charge in [0.15, 0.2) is 5.58 Å². The van der Waals surface area contributed by atoms with E-state index in [-0.39, 0.29) is 24.3 Å². The molecule has 3 rings (SSSR count). The Morgan fingerprint density at radius 2 is 2.12 bits per heavy atom. The molecule has 0 aliphatic carbocycles. The Labute approximate surface area is 138 Å². The maximum Gasteiger partial charge on any atom is 0.420 e. The van der Waals surface area contributed by atoms with Crippen LogP contribution in [0.25, 0.3) is 11.1 Å². The summed E-state index contributed by atoms with van der Waals surface area (Å²) in [6.07, 6.45) is 1.47. The maximum atomic E-state index is 12.6. The summed E-state index contributed by atoms with van der Waals surface area (Å²) in [5.74, 6) is -1.30. The van der Waals surface area contributed by atoms with E-state index in [9.17, 15) is 14.4 Å². The lowest BCUT2D eigenvalue weighted by molar-refractivity contribution is -0.151. The number of nitrogens with zero attached hydrogens (tertiary/aromatic N) is 2. The summed E-state index contributed by atoms with van der Waals surface area (Å²) >= 11 is 0. The van der Waals surface area contributed by atoms with E-state index in [1.165, 1.54) is 4.57 Å². The molecule has 1 saturated heterocycles. The first-order valence-electron chi connectivity index (χ1n) is 8.13. The molecular formula is C17H20N2O5. The van der Waals surface area contributed by atoms with Crippen LogP contribution in [-0.4, -0.2) is 41.0 Å². The van der Waals surface area contributed by atoms with Crippen LogP contribution in [0.2, 0.25) is 0 Å². The minimum Gasteiger partial charge on any atom is -0.466 e. The Balaban J connectivity index is 1.73. The summed E-state index contributed by atoms with van der Waals surface area (Å²) in [5.41, 5.74) is 1.05. The quantitative estimate of drug-likeness (QED) is 0.791. The zero-order chi connectivity index (χ0) is 17.1. The standard InChI is InChI=1S/C17H20N2O5/c1-2-23-16(21)12-6-5-9-18(10-12)15(20)11-19-13-7-3-4-8-14(13)24-17(19)22/h3-4,7-8,12H,2,5-6,9-11H2,1H3/t12-/m1/s1. The van der Waals surface area contributed by atoms with Crippen LogP contribution in [0.3, 0.4) is 0 Å². The lowest BCUT2D eigenvalue weighted by Gasteiger charge is -2.31. The van der Waals surface area contributed by atoms with Crippen molar-refractivity contribution in [2.75, 3.05) is 19.7 Å². The van der Waals surface area contributed by atoms with E-state index in [1.54, 1.807) is 36.1 Å². The number of piperidine rings is 1. The van der Waals surface area contributed by atoms with E-state index in [0.717, 1.165) is 12.8 Å². The van der Waals surface area contributed by atoms with Crippen LogP contribution in [0.15, 0.2) is 33.5 Å². The number of amides is 1. The summed E-state index contributed by atoms with van der Waals surface area (Å²) in [4.78, 5) is 38.0. The highest BCUT2D eigenvalue weighted by Crippen LogP contribution is 2.19. The first-order valence-corrected chi connectivity index (χ1v) is 8.13. The molecule has 0 spiro atoms. The molecule has 1 aromatic carbocycles. The molecule has 1 aliphatic heterocycles. The van der Waals surface area contributed by atoms with Gasteiger partial charge in [-0.15, -0.1) is 0 Å². The number of hydrogen-bond acceptors (Lipinski definition) is 5. The number of rotatable bonds is 4. The number of hydrogen-bond donors (Lipinski definition) is 0. The monoisotopic (exact) mass is 332 g/mol. The van der Waals surface area contributed by atoms with Crippen LogP contribution >= 0.6 is 0 Å². The molecule has 7 nitrogen and oxygen atoms in total. The number of carbonyl (C=O) groups excluding carboxylic acids is 2. The van der Waals surface area contributed by atoms with E-state index in [0.29, 0.717) is 30.8 Å². The summed E-state index contributed by atoms with van der Waals surface area (Å²) in [7, 11) is 0. The molecule has 7 heteroatoms. The van der Waals surface area contributed by atoms with Crippen LogP contribution in [0.4, 0.5) is 0 Å². The summed E-state index contributed by atoms with van der Waals surface area (Å²) < 4.78 is 11.5. The number of oxazole rings is 1. The Hall–Kier alpha value is -2.57. The SMILES string of the molecule is CCOC(=O)[C@@H]1CCCN(C(=O)Cn2c(=O)oc3ccccc32)C1. The van der Waals surface area contributed by atoms with Crippen LogP contribution in [0, 0.1) is 5.92 Å². The first-order chi connectivity index (χ1) is 11.6. The van der Waals surface area contributed by atoms with Gasteiger partial charge in [-0.3, -0.25) is 14.2 Å². The molecule has 1 atom stereocenters. The molecule has 0 N–H and O–H groups in total. The van der Waals surface area contributed by atoms with Gasteiger partial charge >= 0.3 is 11.7 Å². The molecule has 1 amide bonds. The first kappa shape index (κ1) is 16.3. The highest BCUT2D eigenvalue weighted by Gasteiger charge is 2.29. The predicted molar refractivity (Wildman–Crippen MR) is 86.4 cm³/mol. The van der Waals surface area contributed by atoms with Gasteiger partial charge in [-0.1, -0.05) is 12.1 Å². The van der Waals surface area contributed by atoms with Gasteiger partial charge in [0.1, 0.15) is 6.54 Å². The van der Waals surface area contributed by atoms with Gasteiger partial charge in [-0.25, -0.2) is 4.79 Å². The van der Waals surface area contributed by atoms with Crippen LogP contribution < -0.4 is 5.76 Å². The van der Waals surface area contributed by atoms with Gasteiger partial charge in [-0.2, -0.15) is 0 Å². The van der Waals surface area contributed by atoms with Crippen molar-refractivity contribution in [1.82, 2.24) is 9.47 Å². The average Bonchev–Trinajstić information content (AvgIpc) is 2.91. The molecule has 24 heavy (non-hydrogen) atoms. The lowest BCUT2D eigenvalue weighted by atomic mass is 9.98. The van der Waals surface area contributed by atoms with Crippen molar-refractivity contribution in [1.29, 1.82) is 0 Å². The zero-order valence-corrected chi connectivity index (χ0v) is 13.6. The molecule has 1 aliphatic rings. The molecule has 1 aromatic heterocycles. The summed E-state index contributed by atoms with van der Waals surface area (Å²) in [6, 6.07) is 6.99. The second-order valence-corrected chi connectivity index (χ2v) is 5.85. The fourth-order valence-electron chi connectivity index (χ4n) is 3.06. The minimum atomic E-state index is -0.552. The van der Waals surface area contributed by atoms with Crippen LogP contribution in [0.5, 0.6) is 0 Å². The Morgan fingerprint density at radius 3 is 2.92 bits per heavy atom. The molecular weight excluding hydrogens is 312 g/mol. The number of fused-ring (bicyclic) bond motifs is 1. The van der Waals surface area contributed by atoms with Gasteiger partial charge in [-0.05, 0) is 31.9 Å². The molecule has 0 bridgehead atoms. The number of benzene rings is 1. The molecule has 2 heterocycles. The fraction of sp³-hybridized carbons (Fsp3) is 0.471. The molecule has 2 aromatic rings. The fourth-order valence-corrected chi connectivity index (χ4v) is 3.06. The number of carbonyl (C=O) groups is 2. The van der Waals surface area contributed by atoms with Crippen LogP contribution in [0.1, 0.15) is 19.8 Å². The Morgan fingerprint density at radius 1 is 1.33 bits per heavy atom. The normalized spacial score (nSPS) is 17.9. The van der Waals surface area contributed by atoms with Crippen molar-refractivity contribution in [3.63, 3.8) is 0 Å². The molecule has 128 valence electrons. The predicted octanol–water partition coefficient (Wildman–Crippen LogP) is 1.40. The van der Waals surface area contributed by atoms with Gasteiger partial charge in [0.25, 0.3) is 0 Å². The van der Waals surface area contributed by atoms with Crippen molar-refractivity contribution in [3.05, 3.63) is 34.8 Å². The van der Waals surface area contributed by atoms with Crippen LogP contribution in [-0.2, 0) is 20.9 Å². The third-order valence-electron chi connectivity index (χ3n) is 4.26. The van der Waals surface area contributed by atoms with Gasteiger partial charge in [0.2, 0.25) is 5.91 Å². The van der Waals surface area contributed by atoms with E-state index in [4.69, 9.17) is 9.15 Å². The van der Waals surface area contributed by atoms with Gasteiger partial charge in [0, 0.05) is 13.1 Å². The van der Waals surface area contributed by atoms with E-state index in [2.05, 4.69) is 0 Å². The average molecular weight is 332 g/mol. The largest absolute Gasteiger partial charge is 0.466 e. The van der Waals surface area contributed by atoms with Crippen molar-refractivity contribution < 1.29 is 18.7 Å². The van der Waals surface area contributed by atoms with Crippen molar-refractivity contribution in [3.8, 4) is 0 Å². The van der Waals surface area contributed by atoms with Crippen molar-refractivity contribution in [2.45, 2.75) is 26.3 Å². The second kappa shape index (κ2) is 6.90. The van der Waals surface area contributed by atoms with Gasteiger partial charge in [0.05, 0.1) is 18.0 Å². The number of likely N-dealkylation sites (tertiary alicyclic amines) is 1. The van der Waals surface area contributed by atoms with Gasteiger partial charge < -0.3 is 14.1 Å². The third kappa shape index (κ3) is 3.20. The molecule has 0 unspecified atom stereocenters.